The van der Waals surface area contributed by atoms with E-state index < -0.39 is 0 Å². The summed E-state index contributed by atoms with van der Waals surface area (Å²) in [5.74, 6) is 0.0425. The molecule has 0 unspecified atom stereocenters. The largest absolute Gasteiger partial charge is 0.351 e. The third-order valence-corrected chi connectivity index (χ3v) is 5.81. The van der Waals surface area contributed by atoms with Gasteiger partial charge in [-0.05, 0) is 43.2 Å². The monoisotopic (exact) mass is 331 g/mol. The molecule has 6 nitrogen and oxygen atoms in total. The molecule has 2 aliphatic heterocycles. The van der Waals surface area contributed by atoms with E-state index in [1.54, 1.807) is 6.07 Å². The maximum absolute atomic E-state index is 12.8. The van der Waals surface area contributed by atoms with Crippen LogP contribution >= 0.6 is 11.3 Å². The number of thiophene rings is 1. The first-order chi connectivity index (χ1) is 11.1. The number of carbonyl (C=O) groups is 2. The number of aromatic nitrogens is 1. The van der Waals surface area contributed by atoms with Crippen LogP contribution in [-0.4, -0.2) is 40.0 Å². The van der Waals surface area contributed by atoms with Gasteiger partial charge in [0.15, 0.2) is 0 Å². The standard InChI is InChI=1S/C16H17N3O3S/c1-9-5-7-23-14(9)16(21)19-10-2-3-12(19)11(8-10)18-15(20)13-4-6-17-22-13/h4-7,10-12H,2-3,8H2,1H3,(H,18,20)/t10-,11+,12-/m0/s1. The van der Waals surface area contributed by atoms with E-state index in [2.05, 4.69) is 10.5 Å². The average Bonchev–Trinajstić information content (AvgIpc) is 3.30. The summed E-state index contributed by atoms with van der Waals surface area (Å²) in [5, 5.41) is 8.50. The highest BCUT2D eigenvalue weighted by Gasteiger charge is 2.49. The van der Waals surface area contributed by atoms with E-state index in [0.29, 0.717) is 0 Å². The fraction of sp³-hybridized carbons (Fsp3) is 0.438. The van der Waals surface area contributed by atoms with Gasteiger partial charge in [0.2, 0.25) is 5.76 Å². The molecule has 4 rings (SSSR count). The first-order valence-corrected chi connectivity index (χ1v) is 8.61. The molecule has 0 spiro atoms. The fourth-order valence-corrected chi connectivity index (χ4v) is 4.61. The normalized spacial score (nSPS) is 25.8. The van der Waals surface area contributed by atoms with Crippen molar-refractivity contribution in [3.63, 3.8) is 0 Å². The third kappa shape index (κ3) is 2.35. The molecule has 2 aromatic rings. The maximum Gasteiger partial charge on any atom is 0.290 e. The van der Waals surface area contributed by atoms with Gasteiger partial charge in [0, 0.05) is 12.1 Å². The molecule has 2 aromatic heterocycles. The molecular weight excluding hydrogens is 314 g/mol. The van der Waals surface area contributed by atoms with Gasteiger partial charge < -0.3 is 14.7 Å². The van der Waals surface area contributed by atoms with Gasteiger partial charge in [0.1, 0.15) is 0 Å². The molecular formula is C16H17N3O3S. The minimum absolute atomic E-state index is 0.0180. The second kappa shape index (κ2) is 5.49. The van der Waals surface area contributed by atoms with E-state index in [4.69, 9.17) is 4.52 Å². The predicted molar refractivity (Wildman–Crippen MR) is 84.4 cm³/mol. The molecule has 2 saturated heterocycles. The van der Waals surface area contributed by atoms with Gasteiger partial charge in [0.05, 0.1) is 23.2 Å². The Hall–Kier alpha value is -2.15. The molecule has 7 heteroatoms. The molecule has 0 radical (unpaired) electrons. The van der Waals surface area contributed by atoms with Gasteiger partial charge in [-0.15, -0.1) is 11.3 Å². The van der Waals surface area contributed by atoms with Crippen molar-refractivity contribution in [2.24, 2.45) is 0 Å². The third-order valence-electron chi connectivity index (χ3n) is 4.81. The predicted octanol–water partition coefficient (Wildman–Crippen LogP) is 2.22. The Balaban J connectivity index is 1.51. The van der Waals surface area contributed by atoms with Crippen LogP contribution in [0.5, 0.6) is 0 Å². The Morgan fingerprint density at radius 1 is 1.39 bits per heavy atom. The number of hydrogen-bond acceptors (Lipinski definition) is 5. The Morgan fingerprint density at radius 2 is 2.26 bits per heavy atom. The molecule has 0 aromatic carbocycles. The van der Waals surface area contributed by atoms with E-state index in [1.807, 2.05) is 23.3 Å². The van der Waals surface area contributed by atoms with Crippen molar-refractivity contribution in [3.8, 4) is 0 Å². The van der Waals surface area contributed by atoms with Crippen molar-refractivity contribution in [3.05, 3.63) is 39.9 Å². The minimum atomic E-state index is -0.264. The highest BCUT2D eigenvalue weighted by molar-refractivity contribution is 7.12. The van der Waals surface area contributed by atoms with Gasteiger partial charge in [-0.3, -0.25) is 9.59 Å². The van der Waals surface area contributed by atoms with E-state index in [1.165, 1.54) is 17.5 Å². The van der Waals surface area contributed by atoms with Gasteiger partial charge in [-0.2, -0.15) is 0 Å². The van der Waals surface area contributed by atoms with Gasteiger partial charge >= 0.3 is 0 Å². The summed E-state index contributed by atoms with van der Waals surface area (Å²) >= 11 is 1.49. The number of amides is 2. The van der Waals surface area contributed by atoms with Gasteiger partial charge in [-0.25, -0.2) is 0 Å². The molecule has 1 N–H and O–H groups in total. The topological polar surface area (TPSA) is 75.4 Å². The minimum Gasteiger partial charge on any atom is -0.351 e. The maximum atomic E-state index is 12.8. The summed E-state index contributed by atoms with van der Waals surface area (Å²) in [7, 11) is 0. The van der Waals surface area contributed by atoms with E-state index >= 15 is 0 Å². The summed E-state index contributed by atoms with van der Waals surface area (Å²) in [6.45, 7) is 1.96. The number of fused-ring (bicyclic) bond motifs is 2. The van der Waals surface area contributed by atoms with Crippen molar-refractivity contribution >= 4 is 23.2 Å². The van der Waals surface area contributed by atoms with Crippen LogP contribution in [0.3, 0.4) is 0 Å². The van der Waals surface area contributed by atoms with E-state index in [0.717, 1.165) is 29.7 Å². The zero-order chi connectivity index (χ0) is 16.0. The average molecular weight is 331 g/mol. The molecule has 2 amide bonds. The van der Waals surface area contributed by atoms with E-state index in [9.17, 15) is 9.59 Å². The number of rotatable bonds is 3. The highest BCUT2D eigenvalue weighted by Crippen LogP contribution is 2.39. The lowest BCUT2D eigenvalue weighted by molar-refractivity contribution is 0.0718. The lowest BCUT2D eigenvalue weighted by Gasteiger charge is -2.24. The van der Waals surface area contributed by atoms with Crippen molar-refractivity contribution in [1.82, 2.24) is 15.4 Å². The molecule has 0 saturated carbocycles. The molecule has 3 atom stereocenters. The second-order valence-electron chi connectivity index (χ2n) is 6.14. The number of nitrogens with one attached hydrogen (secondary N) is 1. The first-order valence-electron chi connectivity index (χ1n) is 7.73. The molecule has 120 valence electrons. The number of carbonyl (C=O) groups excluding carboxylic acids is 2. The SMILES string of the molecule is Cc1ccsc1C(=O)N1[C@H]2CC[C@H]1[C@H](NC(=O)c1ccno1)C2. The van der Waals surface area contributed by atoms with Crippen LogP contribution in [0.25, 0.3) is 0 Å². The second-order valence-corrected chi connectivity index (χ2v) is 7.05. The van der Waals surface area contributed by atoms with Crippen LogP contribution in [0.15, 0.2) is 28.2 Å². The smallest absolute Gasteiger partial charge is 0.290 e. The molecule has 0 aliphatic carbocycles. The summed E-state index contributed by atoms with van der Waals surface area (Å²) < 4.78 is 4.89. The van der Waals surface area contributed by atoms with Crippen molar-refractivity contribution in [2.75, 3.05) is 0 Å². The zero-order valence-corrected chi connectivity index (χ0v) is 13.5. The van der Waals surface area contributed by atoms with Crippen LogP contribution in [-0.2, 0) is 0 Å². The van der Waals surface area contributed by atoms with Gasteiger partial charge in [0.25, 0.3) is 11.8 Å². The lowest BCUT2D eigenvalue weighted by atomic mass is 9.95. The van der Waals surface area contributed by atoms with Crippen LogP contribution in [0.2, 0.25) is 0 Å². The highest BCUT2D eigenvalue weighted by atomic mass is 32.1. The Labute approximate surface area is 137 Å². The molecule has 2 aliphatic rings. The Bertz CT molecular complexity index is 740. The molecule has 23 heavy (non-hydrogen) atoms. The number of aryl methyl sites for hydroxylation is 1. The fourth-order valence-electron chi connectivity index (χ4n) is 3.74. The number of nitrogens with zero attached hydrogens (tertiary/aromatic N) is 2. The van der Waals surface area contributed by atoms with Crippen LogP contribution < -0.4 is 5.32 Å². The Kier molecular flexibility index (Phi) is 3.45. The van der Waals surface area contributed by atoms with E-state index in [-0.39, 0.29) is 35.7 Å². The molecule has 2 fully saturated rings. The Morgan fingerprint density at radius 3 is 2.96 bits per heavy atom. The van der Waals surface area contributed by atoms with Gasteiger partial charge in [-0.1, -0.05) is 5.16 Å². The van der Waals surface area contributed by atoms with Crippen molar-refractivity contribution in [1.29, 1.82) is 0 Å². The van der Waals surface area contributed by atoms with Crippen LogP contribution in [0.1, 0.15) is 45.1 Å². The van der Waals surface area contributed by atoms with Crippen molar-refractivity contribution < 1.29 is 14.1 Å². The van der Waals surface area contributed by atoms with Crippen LogP contribution in [0, 0.1) is 6.92 Å². The molecule has 4 heterocycles. The first kappa shape index (κ1) is 14.4. The summed E-state index contributed by atoms with van der Waals surface area (Å²) in [4.78, 5) is 27.8. The van der Waals surface area contributed by atoms with Crippen molar-refractivity contribution in [2.45, 2.75) is 44.3 Å². The summed E-state index contributed by atoms with van der Waals surface area (Å²) in [6.07, 6.45) is 4.20. The lowest BCUT2D eigenvalue weighted by Crippen LogP contribution is -2.45. The summed E-state index contributed by atoms with van der Waals surface area (Å²) in [6, 6.07) is 3.78. The molecule has 2 bridgehead atoms. The van der Waals surface area contributed by atoms with Crippen LogP contribution in [0.4, 0.5) is 0 Å². The summed E-state index contributed by atoms with van der Waals surface area (Å²) in [5.41, 5.74) is 1.02. The zero-order valence-electron chi connectivity index (χ0n) is 12.7. The quantitative estimate of drug-likeness (QED) is 0.936. The number of hydrogen-bond donors (Lipinski definition) is 1.